The van der Waals surface area contributed by atoms with Crippen LogP contribution in [0.4, 0.5) is 4.79 Å². The van der Waals surface area contributed by atoms with Crippen LogP contribution in [0, 0.1) is 16.2 Å². The average molecular weight is 742 g/mol. The molecule has 3 aromatic rings. The number of aromatic nitrogens is 1. The maximum Gasteiger partial charge on any atom is 0.319 e. The van der Waals surface area contributed by atoms with E-state index in [9.17, 15) is 18.0 Å². The molecule has 6 aliphatic rings. The number of sulfonamides is 1. The van der Waals surface area contributed by atoms with Gasteiger partial charge in [0.05, 0.1) is 23.5 Å². The van der Waals surface area contributed by atoms with Gasteiger partial charge in [0.15, 0.2) is 0 Å². The number of nitrogens with one attached hydrogen (secondary N) is 1. The topological polar surface area (TPSA) is 121 Å². The SMILES string of the molecule is COc1ccc2c(c1)[C@@H]1C[C@]1(C(=O)N1CC34CCC3(CN(C(=O)N(C)C)C4)C1)Cn1c-2c(C2CCCCC2)c2ccc(C(=O)NS(=O)(=O)C(C)C)cc21. The molecule has 1 N–H and O–H groups in total. The highest BCUT2D eigenvalue weighted by atomic mass is 32.2. The van der Waals surface area contributed by atoms with Crippen LogP contribution in [-0.4, -0.2) is 98.2 Å². The number of carbonyl (C=O) groups excluding carboxylic acids is 3. The lowest BCUT2D eigenvalue weighted by molar-refractivity contribution is -0.137. The molecule has 4 heterocycles. The van der Waals surface area contributed by atoms with Crippen molar-refractivity contribution >= 4 is 38.8 Å². The fourth-order valence-electron chi connectivity index (χ4n) is 11.1. The molecule has 53 heavy (non-hydrogen) atoms. The fraction of sp³-hybridized carbons (Fsp3) is 0.585. The van der Waals surface area contributed by atoms with Crippen molar-refractivity contribution in [2.24, 2.45) is 16.2 Å². The number of fused-ring (bicyclic) bond motifs is 7. The molecule has 2 aromatic carbocycles. The second-order valence-corrected chi connectivity index (χ2v) is 19.8. The maximum atomic E-state index is 15.3. The van der Waals surface area contributed by atoms with Gasteiger partial charge in [-0.1, -0.05) is 25.3 Å². The molecule has 9 rings (SSSR count). The molecule has 0 radical (unpaired) electrons. The average Bonchev–Trinajstić information content (AvgIpc) is 3.68. The number of nitrogens with zero attached hydrogens (tertiary/aromatic N) is 4. The molecule has 0 spiro atoms. The van der Waals surface area contributed by atoms with E-state index in [0.29, 0.717) is 38.6 Å². The van der Waals surface area contributed by atoms with Crippen LogP contribution < -0.4 is 9.46 Å². The van der Waals surface area contributed by atoms with E-state index in [0.717, 1.165) is 78.4 Å². The Hall–Kier alpha value is -4.06. The predicted molar refractivity (Wildman–Crippen MR) is 202 cm³/mol. The third kappa shape index (κ3) is 4.95. The van der Waals surface area contributed by atoms with Crippen LogP contribution in [0.25, 0.3) is 22.2 Å². The first-order chi connectivity index (χ1) is 25.2. The summed E-state index contributed by atoms with van der Waals surface area (Å²) in [5.74, 6) is 0.644. The monoisotopic (exact) mass is 741 g/mol. The van der Waals surface area contributed by atoms with E-state index in [-0.39, 0.29) is 34.2 Å². The van der Waals surface area contributed by atoms with Gasteiger partial charge in [-0.15, -0.1) is 0 Å². The number of carbonyl (C=O) groups is 3. The molecule has 2 unspecified atom stereocenters. The molecule has 1 aromatic heterocycles. The van der Waals surface area contributed by atoms with E-state index in [4.69, 9.17) is 4.74 Å². The summed E-state index contributed by atoms with van der Waals surface area (Å²) in [5, 5.41) is 0.315. The minimum Gasteiger partial charge on any atom is -0.497 e. The van der Waals surface area contributed by atoms with Gasteiger partial charge in [0.2, 0.25) is 15.9 Å². The molecule has 4 atom stereocenters. The molecule has 3 aliphatic heterocycles. The van der Waals surface area contributed by atoms with Gasteiger partial charge in [0.25, 0.3) is 5.91 Å². The lowest BCUT2D eigenvalue weighted by Crippen LogP contribution is -2.49. The zero-order valence-corrected chi connectivity index (χ0v) is 32.4. The van der Waals surface area contributed by atoms with E-state index < -0.39 is 26.6 Å². The van der Waals surface area contributed by atoms with Crippen molar-refractivity contribution < 1.29 is 27.5 Å². The lowest BCUT2D eigenvalue weighted by Gasteiger charge is -2.48. The number of methoxy groups -OCH3 is 1. The van der Waals surface area contributed by atoms with E-state index in [2.05, 4.69) is 26.3 Å². The number of rotatable bonds is 6. The summed E-state index contributed by atoms with van der Waals surface area (Å²) >= 11 is 0. The van der Waals surface area contributed by atoms with Crippen molar-refractivity contribution in [1.82, 2.24) is 24.0 Å². The Morgan fingerprint density at radius 1 is 0.906 bits per heavy atom. The third-order valence-corrected chi connectivity index (χ3v) is 15.9. The number of benzene rings is 2. The highest BCUT2D eigenvalue weighted by Crippen LogP contribution is 2.69. The van der Waals surface area contributed by atoms with Crippen molar-refractivity contribution in [3.63, 3.8) is 0 Å². The van der Waals surface area contributed by atoms with Crippen molar-refractivity contribution in [3.05, 3.63) is 53.1 Å². The van der Waals surface area contributed by atoms with Crippen LogP contribution in [0.2, 0.25) is 0 Å². The molecule has 4 amide bonds. The molecule has 3 aliphatic carbocycles. The van der Waals surface area contributed by atoms with Crippen molar-refractivity contribution in [1.29, 1.82) is 0 Å². The third-order valence-electron chi connectivity index (χ3n) is 14.2. The first kappa shape index (κ1) is 34.7. The number of urea groups is 1. The summed E-state index contributed by atoms with van der Waals surface area (Å²) in [4.78, 5) is 47.6. The summed E-state index contributed by atoms with van der Waals surface area (Å²) in [6, 6.07) is 11.9. The van der Waals surface area contributed by atoms with Crippen molar-refractivity contribution in [2.45, 2.75) is 88.8 Å². The summed E-state index contributed by atoms with van der Waals surface area (Å²) in [7, 11) is 1.46. The van der Waals surface area contributed by atoms with Gasteiger partial charge < -0.3 is 24.0 Å². The van der Waals surface area contributed by atoms with E-state index in [1.54, 1.807) is 46.0 Å². The molecular weight excluding hydrogens is 691 g/mol. The van der Waals surface area contributed by atoms with Gasteiger partial charge in [-0.2, -0.15) is 0 Å². The highest BCUT2D eigenvalue weighted by Gasteiger charge is 2.72. The first-order valence-corrected chi connectivity index (χ1v) is 20.9. The largest absolute Gasteiger partial charge is 0.497 e. The molecule has 5 fully saturated rings. The Bertz CT molecular complexity index is 2170. The quantitative estimate of drug-likeness (QED) is 0.335. The van der Waals surface area contributed by atoms with Gasteiger partial charge in [-0.25, -0.2) is 17.9 Å². The summed E-state index contributed by atoms with van der Waals surface area (Å²) < 4.78 is 35.8. The van der Waals surface area contributed by atoms with Crippen LogP contribution in [0.5, 0.6) is 5.75 Å². The summed E-state index contributed by atoms with van der Waals surface area (Å²) in [5.41, 5.74) is 5.00. The smallest absolute Gasteiger partial charge is 0.319 e. The van der Waals surface area contributed by atoms with E-state index in [1.165, 1.54) is 12.0 Å². The molecule has 0 bridgehead atoms. The number of amides is 4. The molecule has 2 saturated heterocycles. The zero-order valence-electron chi connectivity index (χ0n) is 31.5. The minimum absolute atomic E-state index is 0.0110. The lowest BCUT2D eigenvalue weighted by atomic mass is 9.53. The number of likely N-dealkylation sites (tertiary alicyclic amines) is 2. The van der Waals surface area contributed by atoms with Crippen LogP contribution in [0.15, 0.2) is 36.4 Å². The van der Waals surface area contributed by atoms with Gasteiger partial charge in [0, 0.05) is 85.6 Å². The van der Waals surface area contributed by atoms with E-state index in [1.807, 2.05) is 23.1 Å². The molecule has 282 valence electrons. The number of hydrogen-bond donors (Lipinski definition) is 1. The number of hydrogen-bond acceptors (Lipinski definition) is 6. The predicted octanol–water partition coefficient (Wildman–Crippen LogP) is 5.93. The fourth-order valence-corrected chi connectivity index (χ4v) is 11.7. The zero-order chi connectivity index (χ0) is 37.2. The van der Waals surface area contributed by atoms with Gasteiger partial charge in [-0.3, -0.25) is 9.59 Å². The number of ether oxygens (including phenoxy) is 1. The Morgan fingerprint density at radius 2 is 1.58 bits per heavy atom. The Morgan fingerprint density at radius 3 is 2.21 bits per heavy atom. The molecular formula is C41H51N5O6S. The molecule has 3 saturated carbocycles. The Kier molecular flexibility index (Phi) is 7.67. The van der Waals surface area contributed by atoms with Crippen molar-refractivity contribution in [2.75, 3.05) is 47.4 Å². The highest BCUT2D eigenvalue weighted by molar-refractivity contribution is 7.90. The first-order valence-electron chi connectivity index (χ1n) is 19.4. The van der Waals surface area contributed by atoms with Crippen LogP contribution in [-0.2, 0) is 21.4 Å². The maximum absolute atomic E-state index is 15.3. The molecule has 11 nitrogen and oxygen atoms in total. The van der Waals surface area contributed by atoms with Crippen LogP contribution >= 0.6 is 0 Å². The van der Waals surface area contributed by atoms with Gasteiger partial charge >= 0.3 is 6.03 Å². The van der Waals surface area contributed by atoms with Crippen LogP contribution in [0.1, 0.15) is 98.5 Å². The summed E-state index contributed by atoms with van der Waals surface area (Å²) in [6.45, 7) is 6.30. The van der Waals surface area contributed by atoms with Gasteiger partial charge in [0.1, 0.15) is 5.75 Å². The van der Waals surface area contributed by atoms with E-state index >= 15 is 4.79 Å². The minimum atomic E-state index is -3.83. The normalized spacial score (nSPS) is 28.7. The molecule has 12 heteroatoms. The van der Waals surface area contributed by atoms with Crippen molar-refractivity contribution in [3.8, 4) is 17.0 Å². The second kappa shape index (κ2) is 11.7. The standard InChI is InChI=1S/C41H51N5O6S/c1-25(2)53(50,51)42-36(47)27-11-13-30-33(17-27)46-24-41(37(48)44-20-39-15-16-40(39,21-44)23-45(22-39)38(49)43(3)4)19-32(41)31-18-28(52-5)12-14-29(31)35(46)34(30)26-9-7-6-8-10-26/h11-14,17-18,25-26,32H,6-10,15-16,19-24H2,1-5H3,(H,42,47)/t32-,39?,40?,41-/m0/s1. The summed E-state index contributed by atoms with van der Waals surface area (Å²) in [6.07, 6.45) is 8.45. The Labute approximate surface area is 312 Å². The van der Waals surface area contributed by atoms with Crippen LogP contribution in [0.3, 0.4) is 0 Å². The second-order valence-electron chi connectivity index (χ2n) is 17.6. The Balaban J connectivity index is 1.16. The van der Waals surface area contributed by atoms with Gasteiger partial charge in [-0.05, 0) is 93.3 Å².